The number of aromatic nitrogens is 3. The van der Waals surface area contributed by atoms with Crippen LogP contribution in [0, 0.1) is 32.6 Å². The minimum Gasteiger partial charge on any atom is -0.361 e. The summed E-state index contributed by atoms with van der Waals surface area (Å²) >= 11 is 0. The number of rotatable bonds is 3. The number of nitrogens with zero attached hydrogens (tertiary/aromatic N) is 5. The van der Waals surface area contributed by atoms with E-state index in [0.717, 1.165) is 30.0 Å². The highest BCUT2D eigenvalue weighted by Gasteiger charge is 2.50. The Morgan fingerprint density at radius 2 is 1.90 bits per heavy atom. The van der Waals surface area contributed by atoms with Gasteiger partial charge in [-0.2, -0.15) is 5.10 Å². The number of likely N-dealkylation sites (tertiary alicyclic amines) is 1. The Morgan fingerprint density at radius 3 is 2.63 bits per heavy atom. The predicted octanol–water partition coefficient (Wildman–Crippen LogP) is 3.34. The molecule has 5 rings (SSSR count). The van der Waals surface area contributed by atoms with E-state index in [0.29, 0.717) is 29.8 Å². The number of benzene rings is 1. The first-order chi connectivity index (χ1) is 14.5. The maximum absolute atomic E-state index is 13.3. The van der Waals surface area contributed by atoms with Crippen molar-refractivity contribution in [3.63, 3.8) is 0 Å². The van der Waals surface area contributed by atoms with Gasteiger partial charge in [-0.25, -0.2) is 0 Å². The van der Waals surface area contributed by atoms with E-state index in [2.05, 4.69) is 46.2 Å². The molecule has 2 aliphatic heterocycles. The lowest BCUT2D eigenvalue weighted by molar-refractivity contribution is 0.0705. The van der Waals surface area contributed by atoms with Gasteiger partial charge in [-0.15, -0.1) is 5.10 Å². The number of carbonyl (C=O) groups is 1. The number of carbonyl (C=O) groups excluding carboxylic acids is 1. The van der Waals surface area contributed by atoms with Crippen LogP contribution in [0.15, 0.2) is 47.1 Å². The zero-order chi connectivity index (χ0) is 20.8. The third-order valence-corrected chi connectivity index (χ3v) is 6.54. The van der Waals surface area contributed by atoms with E-state index in [1.54, 1.807) is 13.0 Å². The fourth-order valence-corrected chi connectivity index (χ4v) is 4.94. The van der Waals surface area contributed by atoms with Gasteiger partial charge in [0, 0.05) is 37.5 Å². The molecule has 0 spiro atoms. The van der Waals surface area contributed by atoms with Crippen LogP contribution in [0.1, 0.15) is 39.0 Å². The summed E-state index contributed by atoms with van der Waals surface area (Å²) in [5.74, 6) is 2.24. The highest BCUT2D eigenvalue weighted by atomic mass is 16.5. The molecule has 2 fully saturated rings. The van der Waals surface area contributed by atoms with Crippen LogP contribution in [0.4, 0.5) is 5.82 Å². The first kappa shape index (κ1) is 18.8. The topological polar surface area (TPSA) is 75.4 Å². The van der Waals surface area contributed by atoms with Crippen molar-refractivity contribution >= 4 is 11.7 Å². The molecule has 3 atom stereocenters. The average Bonchev–Trinajstić information content (AvgIpc) is 3.44. The zero-order valence-corrected chi connectivity index (χ0v) is 17.4. The van der Waals surface area contributed by atoms with Crippen LogP contribution in [0.25, 0.3) is 0 Å². The summed E-state index contributed by atoms with van der Waals surface area (Å²) in [6, 6.07) is 12.0. The lowest BCUT2D eigenvalue weighted by Crippen LogP contribution is -2.36. The van der Waals surface area contributed by atoms with Gasteiger partial charge in [-0.05, 0) is 37.5 Å². The van der Waals surface area contributed by atoms with Crippen molar-refractivity contribution in [2.45, 2.75) is 26.8 Å². The molecule has 4 heterocycles. The van der Waals surface area contributed by atoms with Crippen LogP contribution < -0.4 is 4.90 Å². The van der Waals surface area contributed by atoms with Gasteiger partial charge in [-0.3, -0.25) is 4.79 Å². The highest BCUT2D eigenvalue weighted by Crippen LogP contribution is 2.46. The number of hydrogen-bond acceptors (Lipinski definition) is 6. The molecule has 2 aliphatic rings. The van der Waals surface area contributed by atoms with Crippen molar-refractivity contribution in [2.75, 3.05) is 24.5 Å². The van der Waals surface area contributed by atoms with Gasteiger partial charge in [-0.1, -0.05) is 35.5 Å². The van der Waals surface area contributed by atoms with Crippen molar-refractivity contribution in [3.8, 4) is 0 Å². The van der Waals surface area contributed by atoms with Crippen LogP contribution in [0.3, 0.4) is 0 Å². The molecule has 0 saturated carbocycles. The van der Waals surface area contributed by atoms with Crippen molar-refractivity contribution in [1.82, 2.24) is 20.3 Å². The zero-order valence-electron chi connectivity index (χ0n) is 17.4. The van der Waals surface area contributed by atoms with Crippen LogP contribution in [-0.4, -0.2) is 45.8 Å². The maximum atomic E-state index is 13.3. The predicted molar refractivity (Wildman–Crippen MR) is 112 cm³/mol. The SMILES string of the molecule is Cc1cc(C(=O)N2C[C@@H]3CN(c4nncc(C)c4C)C[C@@H]3[C@H]2c2ccccc2)no1. The summed E-state index contributed by atoms with van der Waals surface area (Å²) < 4.78 is 5.16. The van der Waals surface area contributed by atoms with Crippen molar-refractivity contribution < 1.29 is 9.32 Å². The molecule has 7 heteroatoms. The van der Waals surface area contributed by atoms with E-state index in [4.69, 9.17) is 4.52 Å². The van der Waals surface area contributed by atoms with Gasteiger partial charge in [0.05, 0.1) is 12.2 Å². The summed E-state index contributed by atoms with van der Waals surface area (Å²) in [6.45, 7) is 8.39. The van der Waals surface area contributed by atoms with E-state index >= 15 is 0 Å². The molecular formula is C23H25N5O2. The number of anilines is 1. The standard InChI is InChI=1S/C23H25N5O2/c1-14-10-24-25-22(16(14)3)27-11-18-12-28(23(29)20-9-15(2)30-26-20)21(19(18)13-27)17-7-5-4-6-8-17/h4-10,18-19,21H,11-13H2,1-3H3/t18-,19-,21+/m0/s1. The summed E-state index contributed by atoms with van der Waals surface area (Å²) in [7, 11) is 0. The van der Waals surface area contributed by atoms with Gasteiger partial charge in [0.15, 0.2) is 11.5 Å². The molecule has 30 heavy (non-hydrogen) atoms. The Bertz CT molecular complexity index is 1080. The van der Waals surface area contributed by atoms with Crippen molar-refractivity contribution in [1.29, 1.82) is 0 Å². The maximum Gasteiger partial charge on any atom is 0.276 e. The number of amides is 1. The lowest BCUT2D eigenvalue weighted by Gasteiger charge is -2.30. The number of hydrogen-bond donors (Lipinski definition) is 0. The first-order valence-corrected chi connectivity index (χ1v) is 10.4. The van der Waals surface area contributed by atoms with Crippen LogP contribution >= 0.6 is 0 Å². The van der Waals surface area contributed by atoms with Gasteiger partial charge < -0.3 is 14.3 Å². The van der Waals surface area contributed by atoms with Crippen LogP contribution in [0.2, 0.25) is 0 Å². The molecular weight excluding hydrogens is 378 g/mol. The Morgan fingerprint density at radius 1 is 1.10 bits per heavy atom. The van der Waals surface area contributed by atoms with Crippen LogP contribution in [0.5, 0.6) is 0 Å². The lowest BCUT2D eigenvalue weighted by atomic mass is 9.89. The van der Waals surface area contributed by atoms with Crippen LogP contribution in [-0.2, 0) is 0 Å². The van der Waals surface area contributed by atoms with E-state index in [1.165, 1.54) is 5.56 Å². The second-order valence-corrected chi connectivity index (χ2v) is 8.44. The van der Waals surface area contributed by atoms with E-state index < -0.39 is 0 Å². The summed E-state index contributed by atoms with van der Waals surface area (Å²) in [4.78, 5) is 17.6. The molecule has 0 aliphatic carbocycles. The van der Waals surface area contributed by atoms with E-state index in [1.807, 2.05) is 29.3 Å². The highest BCUT2D eigenvalue weighted by molar-refractivity contribution is 5.93. The van der Waals surface area contributed by atoms with Crippen molar-refractivity contribution in [3.05, 3.63) is 70.7 Å². The third-order valence-electron chi connectivity index (χ3n) is 6.54. The second-order valence-electron chi connectivity index (χ2n) is 8.44. The Balaban J connectivity index is 1.47. The monoisotopic (exact) mass is 403 g/mol. The fourth-order valence-electron chi connectivity index (χ4n) is 4.94. The Labute approximate surface area is 175 Å². The van der Waals surface area contributed by atoms with Gasteiger partial charge in [0.1, 0.15) is 5.76 Å². The minimum atomic E-state index is -0.0619. The molecule has 0 N–H and O–H groups in total. The molecule has 1 aromatic carbocycles. The molecule has 154 valence electrons. The number of aryl methyl sites for hydroxylation is 2. The van der Waals surface area contributed by atoms with Gasteiger partial charge >= 0.3 is 0 Å². The van der Waals surface area contributed by atoms with E-state index in [9.17, 15) is 4.79 Å². The molecule has 2 aromatic heterocycles. The normalized spacial score (nSPS) is 23.1. The van der Waals surface area contributed by atoms with E-state index in [-0.39, 0.29) is 11.9 Å². The molecule has 0 unspecified atom stereocenters. The molecule has 3 aromatic rings. The molecule has 0 radical (unpaired) electrons. The number of fused-ring (bicyclic) bond motifs is 1. The second kappa shape index (κ2) is 7.23. The fraction of sp³-hybridized carbons (Fsp3) is 0.391. The largest absolute Gasteiger partial charge is 0.361 e. The Hall–Kier alpha value is -3.22. The van der Waals surface area contributed by atoms with Gasteiger partial charge in [0.2, 0.25) is 0 Å². The average molecular weight is 403 g/mol. The molecule has 7 nitrogen and oxygen atoms in total. The Kier molecular flexibility index (Phi) is 4.53. The van der Waals surface area contributed by atoms with Gasteiger partial charge in [0.25, 0.3) is 5.91 Å². The van der Waals surface area contributed by atoms with Crippen molar-refractivity contribution in [2.24, 2.45) is 11.8 Å². The molecule has 2 saturated heterocycles. The smallest absolute Gasteiger partial charge is 0.276 e. The quantitative estimate of drug-likeness (QED) is 0.668. The third kappa shape index (κ3) is 3.05. The first-order valence-electron chi connectivity index (χ1n) is 10.4. The summed E-state index contributed by atoms with van der Waals surface area (Å²) in [6.07, 6.45) is 1.81. The molecule has 1 amide bonds. The molecule has 0 bridgehead atoms. The minimum absolute atomic E-state index is 0.00350. The summed E-state index contributed by atoms with van der Waals surface area (Å²) in [5, 5.41) is 12.6. The summed E-state index contributed by atoms with van der Waals surface area (Å²) in [5.41, 5.74) is 3.86.